The highest BCUT2D eigenvalue weighted by Crippen LogP contribution is 2.25. The van der Waals surface area contributed by atoms with Crippen LogP contribution in [0.4, 0.5) is 5.69 Å². The van der Waals surface area contributed by atoms with E-state index in [0.29, 0.717) is 0 Å². The number of allylic oxidation sites excluding steroid dienone is 5. The number of hydrogen-bond acceptors (Lipinski definition) is 3. The molecule has 0 saturated carbocycles. The average Bonchev–Trinajstić information content (AvgIpc) is 2.98. The number of aliphatic imine (C=N–C) groups is 1. The Morgan fingerprint density at radius 2 is 2.30 bits per heavy atom. The van der Waals surface area contributed by atoms with Crippen molar-refractivity contribution < 1.29 is 0 Å². The molecule has 104 valence electrons. The van der Waals surface area contributed by atoms with Crippen LogP contribution in [-0.2, 0) is 0 Å². The van der Waals surface area contributed by atoms with E-state index in [1.54, 1.807) is 0 Å². The molecule has 0 bridgehead atoms. The number of rotatable bonds is 6. The predicted molar refractivity (Wildman–Crippen MR) is 88.2 cm³/mol. The number of anilines is 1. The van der Waals surface area contributed by atoms with Crippen LogP contribution in [0.3, 0.4) is 0 Å². The molecule has 1 aromatic rings. The SMILES string of the molecule is C=C/C=C(\C=C/C)c1ccccc1NCC1=NCCN1. The first kappa shape index (κ1) is 14.1. The Bertz CT molecular complexity index is 553. The number of benzene rings is 1. The van der Waals surface area contributed by atoms with Gasteiger partial charge in [0.1, 0.15) is 5.84 Å². The summed E-state index contributed by atoms with van der Waals surface area (Å²) in [5, 5.41) is 6.72. The maximum absolute atomic E-state index is 4.40. The molecule has 1 heterocycles. The van der Waals surface area contributed by atoms with Gasteiger partial charge in [0.15, 0.2) is 0 Å². The summed E-state index contributed by atoms with van der Waals surface area (Å²) < 4.78 is 0. The second-order valence-electron chi connectivity index (χ2n) is 4.51. The predicted octanol–water partition coefficient (Wildman–Crippen LogP) is 3.25. The molecule has 0 aliphatic carbocycles. The van der Waals surface area contributed by atoms with Crippen LogP contribution in [0.25, 0.3) is 5.57 Å². The lowest BCUT2D eigenvalue weighted by molar-refractivity contribution is 0.956. The molecule has 1 aliphatic rings. The number of nitrogens with zero attached hydrogens (tertiary/aromatic N) is 1. The highest BCUT2D eigenvalue weighted by molar-refractivity contribution is 5.89. The van der Waals surface area contributed by atoms with Crippen molar-refractivity contribution in [1.82, 2.24) is 5.32 Å². The zero-order chi connectivity index (χ0) is 14.2. The molecule has 0 fully saturated rings. The molecule has 2 N–H and O–H groups in total. The van der Waals surface area contributed by atoms with E-state index in [1.165, 1.54) is 5.56 Å². The molecule has 3 heteroatoms. The molecular weight excluding hydrogens is 246 g/mol. The molecule has 0 aromatic heterocycles. The van der Waals surface area contributed by atoms with E-state index in [4.69, 9.17) is 0 Å². The van der Waals surface area contributed by atoms with E-state index in [2.05, 4.69) is 40.4 Å². The Hall–Kier alpha value is -2.29. The van der Waals surface area contributed by atoms with E-state index in [0.717, 1.165) is 36.7 Å². The summed E-state index contributed by atoms with van der Waals surface area (Å²) in [4.78, 5) is 4.40. The summed E-state index contributed by atoms with van der Waals surface area (Å²) in [5.41, 5.74) is 3.42. The second kappa shape index (κ2) is 7.34. The molecule has 0 spiro atoms. The van der Waals surface area contributed by atoms with Gasteiger partial charge >= 0.3 is 0 Å². The Balaban J connectivity index is 2.20. The van der Waals surface area contributed by atoms with Crippen molar-refractivity contribution >= 4 is 17.1 Å². The number of para-hydroxylation sites is 1. The normalized spacial score (nSPS) is 15.1. The quantitative estimate of drug-likeness (QED) is 0.776. The van der Waals surface area contributed by atoms with Gasteiger partial charge in [0, 0.05) is 17.8 Å². The zero-order valence-electron chi connectivity index (χ0n) is 11.9. The number of amidine groups is 1. The van der Waals surface area contributed by atoms with Crippen LogP contribution in [0.15, 0.2) is 60.1 Å². The van der Waals surface area contributed by atoms with Gasteiger partial charge in [-0.05, 0) is 18.6 Å². The van der Waals surface area contributed by atoms with E-state index in [-0.39, 0.29) is 0 Å². The summed E-state index contributed by atoms with van der Waals surface area (Å²) in [5.74, 6) is 1.03. The van der Waals surface area contributed by atoms with E-state index in [9.17, 15) is 0 Å². The molecule has 1 aliphatic heterocycles. The lowest BCUT2D eigenvalue weighted by atomic mass is 10.0. The van der Waals surface area contributed by atoms with Crippen LogP contribution in [-0.4, -0.2) is 25.5 Å². The van der Waals surface area contributed by atoms with Gasteiger partial charge in [-0.1, -0.05) is 49.1 Å². The van der Waals surface area contributed by atoms with Crippen molar-refractivity contribution in [2.75, 3.05) is 25.0 Å². The summed E-state index contributed by atoms with van der Waals surface area (Å²) in [6.45, 7) is 8.35. The summed E-state index contributed by atoms with van der Waals surface area (Å²) in [6.07, 6.45) is 7.96. The highest BCUT2D eigenvalue weighted by Gasteiger charge is 2.07. The fourth-order valence-corrected chi connectivity index (χ4v) is 2.17. The van der Waals surface area contributed by atoms with Gasteiger partial charge in [-0.25, -0.2) is 0 Å². The molecule has 0 amide bonds. The maximum atomic E-state index is 4.40. The fraction of sp³-hybridized carbons (Fsp3) is 0.235. The molecule has 0 saturated heterocycles. The minimum Gasteiger partial charge on any atom is -0.377 e. The third-order valence-corrected chi connectivity index (χ3v) is 3.07. The highest BCUT2D eigenvalue weighted by atomic mass is 15.1. The first-order valence-corrected chi connectivity index (χ1v) is 6.91. The molecule has 0 radical (unpaired) electrons. The minimum atomic E-state index is 0.730. The van der Waals surface area contributed by atoms with Gasteiger partial charge < -0.3 is 10.6 Å². The molecule has 1 aromatic carbocycles. The number of hydrogen-bond donors (Lipinski definition) is 2. The third kappa shape index (κ3) is 3.60. The van der Waals surface area contributed by atoms with Crippen molar-refractivity contribution in [1.29, 1.82) is 0 Å². The fourth-order valence-electron chi connectivity index (χ4n) is 2.17. The van der Waals surface area contributed by atoms with Crippen molar-refractivity contribution in [3.05, 3.63) is 60.7 Å². The second-order valence-corrected chi connectivity index (χ2v) is 4.51. The molecule has 20 heavy (non-hydrogen) atoms. The molecule has 0 unspecified atom stereocenters. The standard InChI is InChI=1S/C17H21N3/c1-3-7-14(8-4-2)15-9-5-6-10-16(15)20-13-17-18-11-12-19-17/h3-10,20H,1,11-13H2,2H3,(H,18,19)/b8-4-,14-7+. The topological polar surface area (TPSA) is 36.4 Å². The lowest BCUT2D eigenvalue weighted by Gasteiger charge is -2.13. The monoisotopic (exact) mass is 267 g/mol. The largest absolute Gasteiger partial charge is 0.377 e. The van der Waals surface area contributed by atoms with E-state index < -0.39 is 0 Å². The molecular formula is C17H21N3. The third-order valence-electron chi connectivity index (χ3n) is 3.07. The van der Waals surface area contributed by atoms with Gasteiger partial charge in [0.25, 0.3) is 0 Å². The van der Waals surface area contributed by atoms with Crippen LogP contribution >= 0.6 is 0 Å². The van der Waals surface area contributed by atoms with Gasteiger partial charge in [-0.3, -0.25) is 4.99 Å². The number of nitrogens with one attached hydrogen (secondary N) is 2. The Labute approximate surface area is 120 Å². The van der Waals surface area contributed by atoms with E-state index in [1.807, 2.05) is 37.3 Å². The first-order valence-electron chi connectivity index (χ1n) is 6.91. The lowest BCUT2D eigenvalue weighted by Crippen LogP contribution is -2.26. The van der Waals surface area contributed by atoms with Crippen LogP contribution in [0.2, 0.25) is 0 Å². The van der Waals surface area contributed by atoms with Crippen molar-refractivity contribution in [2.45, 2.75) is 6.92 Å². The molecule has 2 rings (SSSR count). The Kier molecular flexibility index (Phi) is 5.18. The maximum Gasteiger partial charge on any atom is 0.116 e. The summed E-state index contributed by atoms with van der Waals surface area (Å²) in [6, 6.07) is 8.29. The summed E-state index contributed by atoms with van der Waals surface area (Å²) >= 11 is 0. The van der Waals surface area contributed by atoms with Crippen molar-refractivity contribution in [3.63, 3.8) is 0 Å². The van der Waals surface area contributed by atoms with Gasteiger partial charge in [0.05, 0.1) is 13.1 Å². The van der Waals surface area contributed by atoms with E-state index >= 15 is 0 Å². The Morgan fingerprint density at radius 1 is 1.45 bits per heavy atom. The van der Waals surface area contributed by atoms with Crippen LogP contribution in [0, 0.1) is 0 Å². The Morgan fingerprint density at radius 3 is 3.00 bits per heavy atom. The smallest absolute Gasteiger partial charge is 0.116 e. The zero-order valence-corrected chi connectivity index (χ0v) is 11.9. The first-order chi connectivity index (χ1) is 9.85. The minimum absolute atomic E-state index is 0.730. The van der Waals surface area contributed by atoms with Gasteiger partial charge in [0.2, 0.25) is 0 Å². The van der Waals surface area contributed by atoms with Crippen molar-refractivity contribution in [2.24, 2.45) is 4.99 Å². The van der Waals surface area contributed by atoms with Crippen molar-refractivity contribution in [3.8, 4) is 0 Å². The van der Waals surface area contributed by atoms with Gasteiger partial charge in [-0.15, -0.1) is 0 Å². The van der Waals surface area contributed by atoms with Crippen LogP contribution < -0.4 is 10.6 Å². The summed E-state index contributed by atoms with van der Waals surface area (Å²) in [7, 11) is 0. The molecule has 3 nitrogen and oxygen atoms in total. The van der Waals surface area contributed by atoms with Gasteiger partial charge in [-0.2, -0.15) is 0 Å². The van der Waals surface area contributed by atoms with Crippen LogP contribution in [0.1, 0.15) is 12.5 Å². The average molecular weight is 267 g/mol. The molecule has 0 atom stereocenters. The van der Waals surface area contributed by atoms with Crippen LogP contribution in [0.5, 0.6) is 0 Å².